The van der Waals surface area contributed by atoms with Crippen LogP contribution in [0.1, 0.15) is 81.0 Å². The quantitative estimate of drug-likeness (QED) is 0.175. The molecule has 0 aliphatic heterocycles. The Morgan fingerprint density at radius 1 is 1.04 bits per heavy atom. The molecular formula is C37H40F3N5O2. The molecule has 2 amide bonds. The molecule has 3 aromatic carbocycles. The summed E-state index contributed by atoms with van der Waals surface area (Å²) in [4.78, 5) is 21.9. The highest BCUT2D eigenvalue weighted by atomic mass is 19.4. The Labute approximate surface area is 273 Å². The van der Waals surface area contributed by atoms with Crippen molar-refractivity contribution in [2.45, 2.75) is 84.5 Å². The van der Waals surface area contributed by atoms with Gasteiger partial charge in [0.1, 0.15) is 12.1 Å². The second-order valence-corrected chi connectivity index (χ2v) is 12.5. The van der Waals surface area contributed by atoms with Gasteiger partial charge in [-0.15, -0.1) is 18.3 Å². The highest BCUT2D eigenvalue weighted by Crippen LogP contribution is 2.37. The van der Waals surface area contributed by atoms with E-state index in [1.165, 1.54) is 57.5 Å². The van der Waals surface area contributed by atoms with E-state index in [-0.39, 0.29) is 23.7 Å². The summed E-state index contributed by atoms with van der Waals surface area (Å²) in [5.74, 6) is 0.619. The zero-order valence-corrected chi connectivity index (χ0v) is 27.3. The Morgan fingerprint density at radius 2 is 1.77 bits per heavy atom. The zero-order chi connectivity index (χ0) is 33.7. The van der Waals surface area contributed by atoms with Crippen LogP contribution in [0.2, 0.25) is 0 Å². The maximum atomic E-state index is 13.0. The van der Waals surface area contributed by atoms with Crippen molar-refractivity contribution in [3.8, 4) is 22.8 Å². The molecule has 10 heteroatoms. The Balaban J connectivity index is 1.12. The highest BCUT2D eigenvalue weighted by molar-refractivity contribution is 6.03. The molecule has 5 rings (SSSR count). The van der Waals surface area contributed by atoms with E-state index in [0.29, 0.717) is 23.9 Å². The molecule has 0 saturated heterocycles. The van der Waals surface area contributed by atoms with Crippen LogP contribution in [0.5, 0.6) is 5.75 Å². The van der Waals surface area contributed by atoms with Gasteiger partial charge in [-0.05, 0) is 86.9 Å². The predicted octanol–water partition coefficient (Wildman–Crippen LogP) is 9.26. The number of hydrogen-bond acceptors (Lipinski definition) is 4. The minimum atomic E-state index is -4.74. The number of nitrogens with zero attached hydrogens (tertiary/aromatic N) is 4. The van der Waals surface area contributed by atoms with E-state index in [0.717, 1.165) is 36.1 Å². The van der Waals surface area contributed by atoms with Gasteiger partial charge in [0, 0.05) is 29.7 Å². The number of amides is 2. The van der Waals surface area contributed by atoms with E-state index >= 15 is 0 Å². The molecule has 2 unspecified atom stereocenters. The molecule has 1 heterocycles. The summed E-state index contributed by atoms with van der Waals surface area (Å²) in [6.45, 7) is 10.6. The van der Waals surface area contributed by atoms with Crippen LogP contribution in [0.3, 0.4) is 0 Å². The first-order valence-corrected chi connectivity index (χ1v) is 15.9. The number of aliphatic imine (C=N–C) groups is 1. The molecule has 0 saturated carbocycles. The number of aryl methyl sites for hydroxylation is 2. The molecule has 4 aromatic rings. The van der Waals surface area contributed by atoms with Gasteiger partial charge in [0.2, 0.25) is 0 Å². The number of halogens is 3. The lowest BCUT2D eigenvalue weighted by molar-refractivity contribution is -0.274. The summed E-state index contributed by atoms with van der Waals surface area (Å²) >= 11 is 0. The van der Waals surface area contributed by atoms with Gasteiger partial charge in [-0.25, -0.2) is 19.5 Å². The minimum absolute atomic E-state index is 0.0208. The van der Waals surface area contributed by atoms with Crippen molar-refractivity contribution in [2.24, 2.45) is 4.99 Å². The monoisotopic (exact) mass is 643 g/mol. The van der Waals surface area contributed by atoms with E-state index in [4.69, 9.17) is 0 Å². The predicted molar refractivity (Wildman–Crippen MR) is 178 cm³/mol. The number of carbonyl (C=O) groups is 1. The standard InChI is InChI=1S/C37H40F3N5O2/c1-23(2)31-19-9-24(3)21-32(31)34-25(4)10-20-33(34)43-36(46)42-26(5)7-6-8-27-11-13-28(14-12-27)35-41-22-45(44-35)29-15-17-30(18-16-29)47-37(38,39)40/h9-19,21-23,26,34H,6-8,20H2,1-5H3,(H,42,46). The first-order valence-electron chi connectivity index (χ1n) is 15.9. The Bertz CT molecular complexity index is 1760. The average molecular weight is 644 g/mol. The van der Waals surface area contributed by atoms with E-state index in [1.54, 1.807) is 0 Å². The zero-order valence-electron chi connectivity index (χ0n) is 27.3. The van der Waals surface area contributed by atoms with E-state index in [2.05, 4.69) is 77.1 Å². The van der Waals surface area contributed by atoms with E-state index < -0.39 is 6.36 Å². The van der Waals surface area contributed by atoms with Gasteiger partial charge in [0.25, 0.3) is 0 Å². The Kier molecular flexibility index (Phi) is 10.3. The van der Waals surface area contributed by atoms with Crippen LogP contribution in [0, 0.1) is 6.92 Å². The fourth-order valence-corrected chi connectivity index (χ4v) is 5.97. The van der Waals surface area contributed by atoms with E-state index in [9.17, 15) is 18.0 Å². The maximum Gasteiger partial charge on any atom is 0.573 e. The third-order valence-corrected chi connectivity index (χ3v) is 8.35. The van der Waals surface area contributed by atoms with Crippen LogP contribution in [0.25, 0.3) is 17.1 Å². The Morgan fingerprint density at radius 3 is 2.45 bits per heavy atom. The lowest BCUT2D eigenvalue weighted by Gasteiger charge is -2.21. The molecule has 0 bridgehead atoms. The molecule has 0 radical (unpaired) electrons. The number of hydrogen-bond donors (Lipinski definition) is 1. The smallest absolute Gasteiger partial charge is 0.406 e. The van der Waals surface area contributed by atoms with Gasteiger partial charge in [-0.1, -0.05) is 73.5 Å². The van der Waals surface area contributed by atoms with Crippen LogP contribution in [-0.4, -0.2) is 38.9 Å². The molecule has 1 aliphatic carbocycles. The number of carbonyl (C=O) groups excluding carboxylic acids is 1. The fraction of sp³-hybridized carbons (Fsp3) is 0.351. The number of alkyl halides is 3. The number of urea groups is 1. The van der Waals surface area contributed by atoms with Gasteiger partial charge in [-0.3, -0.25) is 0 Å². The van der Waals surface area contributed by atoms with Crippen molar-refractivity contribution in [1.82, 2.24) is 20.1 Å². The highest BCUT2D eigenvalue weighted by Gasteiger charge is 2.31. The summed E-state index contributed by atoms with van der Waals surface area (Å²) in [5, 5.41) is 7.53. The normalized spacial score (nSPS) is 16.4. The van der Waals surface area contributed by atoms with Crippen LogP contribution >= 0.6 is 0 Å². The van der Waals surface area contributed by atoms with Gasteiger partial charge in [-0.2, -0.15) is 0 Å². The molecule has 246 valence electrons. The second kappa shape index (κ2) is 14.4. The van der Waals surface area contributed by atoms with Crippen molar-refractivity contribution in [3.05, 3.63) is 107 Å². The minimum Gasteiger partial charge on any atom is -0.406 e. The molecule has 1 N–H and O–H groups in total. The molecule has 1 aliphatic rings. The summed E-state index contributed by atoms with van der Waals surface area (Å²) in [5.41, 5.74) is 8.41. The molecule has 47 heavy (non-hydrogen) atoms. The largest absolute Gasteiger partial charge is 0.573 e. The van der Waals surface area contributed by atoms with Crippen LogP contribution < -0.4 is 10.1 Å². The summed E-state index contributed by atoms with van der Waals surface area (Å²) in [6.07, 6.45) is 2.19. The fourth-order valence-electron chi connectivity index (χ4n) is 5.97. The molecule has 0 fully saturated rings. The molecule has 7 nitrogen and oxygen atoms in total. The van der Waals surface area contributed by atoms with E-state index in [1.807, 2.05) is 31.2 Å². The summed E-state index contributed by atoms with van der Waals surface area (Å²) in [7, 11) is 0. The van der Waals surface area contributed by atoms with Crippen molar-refractivity contribution >= 4 is 11.7 Å². The van der Waals surface area contributed by atoms with Gasteiger partial charge in [0.15, 0.2) is 5.82 Å². The summed E-state index contributed by atoms with van der Waals surface area (Å²) < 4.78 is 42.7. The number of allylic oxidation sites excluding steroid dienone is 2. The van der Waals surface area contributed by atoms with Gasteiger partial charge in [0.05, 0.1) is 5.69 Å². The molecular weight excluding hydrogens is 603 g/mol. The molecule has 1 aromatic heterocycles. The van der Waals surface area contributed by atoms with Crippen molar-refractivity contribution in [2.75, 3.05) is 0 Å². The van der Waals surface area contributed by atoms with Crippen LogP contribution in [-0.2, 0) is 6.42 Å². The average Bonchev–Trinajstić information content (AvgIpc) is 3.64. The SMILES string of the molecule is CC1=CCC(=NC(=O)NC(C)CCCc2ccc(-c3ncn(-c4ccc(OC(F)(F)F)cc4)n3)cc2)C1c1cc(C)ccc1C(C)C. The number of aromatic nitrogens is 3. The van der Waals surface area contributed by atoms with Gasteiger partial charge < -0.3 is 10.1 Å². The third kappa shape index (κ3) is 8.75. The third-order valence-electron chi connectivity index (χ3n) is 8.35. The number of benzene rings is 3. The Hall–Kier alpha value is -4.73. The van der Waals surface area contributed by atoms with Crippen molar-refractivity contribution in [3.63, 3.8) is 0 Å². The summed E-state index contributed by atoms with van der Waals surface area (Å²) in [6, 6.07) is 19.7. The van der Waals surface area contributed by atoms with Crippen LogP contribution in [0.15, 0.2) is 89.7 Å². The van der Waals surface area contributed by atoms with Crippen molar-refractivity contribution in [1.29, 1.82) is 0 Å². The van der Waals surface area contributed by atoms with Crippen LogP contribution in [0.4, 0.5) is 18.0 Å². The maximum absolute atomic E-state index is 13.0. The topological polar surface area (TPSA) is 81.4 Å². The lowest BCUT2D eigenvalue weighted by atomic mass is 9.84. The number of nitrogens with one attached hydrogen (secondary N) is 1. The van der Waals surface area contributed by atoms with Gasteiger partial charge >= 0.3 is 12.4 Å². The van der Waals surface area contributed by atoms with Crippen molar-refractivity contribution < 1.29 is 22.7 Å². The first kappa shape index (κ1) is 33.6. The second-order valence-electron chi connectivity index (χ2n) is 12.5. The molecule has 2 atom stereocenters. The number of rotatable bonds is 10. The first-order chi connectivity index (χ1) is 22.4. The molecule has 0 spiro atoms. The number of ether oxygens (including phenoxy) is 1. The lowest BCUT2D eigenvalue weighted by Crippen LogP contribution is -2.31.